The Bertz CT molecular complexity index is 920. The fourth-order valence-corrected chi connectivity index (χ4v) is 4.10. The predicted octanol–water partition coefficient (Wildman–Crippen LogP) is 2.12. The second-order valence-electron chi connectivity index (χ2n) is 6.30. The summed E-state index contributed by atoms with van der Waals surface area (Å²) >= 11 is 1.17. The van der Waals surface area contributed by atoms with E-state index in [2.05, 4.69) is 15.8 Å². The quantitative estimate of drug-likeness (QED) is 0.198. The van der Waals surface area contributed by atoms with Crippen molar-refractivity contribution >= 4 is 23.8 Å². The van der Waals surface area contributed by atoms with Crippen molar-refractivity contribution < 1.29 is 18.0 Å². The average molecular weight is 424 g/mol. The molecule has 0 bridgehead atoms. The van der Waals surface area contributed by atoms with E-state index in [1.807, 2.05) is 28.6 Å². The second kappa shape index (κ2) is 8.72. The van der Waals surface area contributed by atoms with Gasteiger partial charge in [0.1, 0.15) is 0 Å². The highest BCUT2D eigenvalue weighted by molar-refractivity contribution is 7.97. The lowest BCUT2D eigenvalue weighted by atomic mass is 9.90. The van der Waals surface area contributed by atoms with Crippen molar-refractivity contribution in [2.75, 3.05) is 6.54 Å². The van der Waals surface area contributed by atoms with Gasteiger partial charge in [0.15, 0.2) is 0 Å². The number of carbonyl (C=O) groups excluding carboxylic acids is 1. The molecule has 0 fully saturated rings. The number of guanidine groups is 1. The number of hydrazine groups is 1. The van der Waals surface area contributed by atoms with Crippen LogP contribution in [-0.2, 0) is 17.5 Å². The lowest BCUT2D eigenvalue weighted by Crippen LogP contribution is -2.48. The van der Waals surface area contributed by atoms with E-state index in [0.717, 1.165) is 23.3 Å². The third kappa shape index (κ3) is 5.00. The summed E-state index contributed by atoms with van der Waals surface area (Å²) in [5.74, 6) is 9.36. The molecule has 0 saturated heterocycles. The number of hydrazone groups is 1. The topological polar surface area (TPSA) is 109 Å². The number of hydrogen-bond donors (Lipinski definition) is 4. The molecule has 11 heteroatoms. The van der Waals surface area contributed by atoms with Gasteiger partial charge in [-0.1, -0.05) is 30.3 Å². The highest BCUT2D eigenvalue weighted by atomic mass is 32.2. The zero-order valence-electron chi connectivity index (χ0n) is 15.1. The van der Waals surface area contributed by atoms with Gasteiger partial charge in [-0.3, -0.25) is 15.5 Å². The highest BCUT2D eigenvalue weighted by Gasteiger charge is 2.33. The van der Waals surface area contributed by atoms with E-state index in [1.54, 1.807) is 6.07 Å². The summed E-state index contributed by atoms with van der Waals surface area (Å²) in [6.07, 6.45) is -4.42. The maximum Gasteiger partial charge on any atom is 0.416 e. The van der Waals surface area contributed by atoms with E-state index in [4.69, 9.17) is 11.7 Å². The average Bonchev–Trinajstić information content (AvgIpc) is 2.70. The van der Waals surface area contributed by atoms with Gasteiger partial charge >= 0.3 is 6.18 Å². The van der Waals surface area contributed by atoms with Gasteiger partial charge in [0.25, 0.3) is 0 Å². The molecule has 1 unspecified atom stereocenters. The molecule has 7 nitrogen and oxygen atoms in total. The van der Waals surface area contributed by atoms with Crippen molar-refractivity contribution in [2.45, 2.75) is 23.5 Å². The largest absolute Gasteiger partial charge is 0.416 e. The summed E-state index contributed by atoms with van der Waals surface area (Å²) < 4.78 is 40.8. The molecule has 154 valence electrons. The van der Waals surface area contributed by atoms with Crippen LogP contribution >= 0.6 is 11.9 Å². The molecule has 0 spiro atoms. The monoisotopic (exact) mass is 424 g/mol. The number of carbonyl (C=O) groups is 1. The van der Waals surface area contributed by atoms with Gasteiger partial charge in [-0.25, -0.2) is 10.1 Å². The summed E-state index contributed by atoms with van der Waals surface area (Å²) in [7, 11) is 0. The van der Waals surface area contributed by atoms with Crippen LogP contribution in [0.4, 0.5) is 13.2 Å². The van der Waals surface area contributed by atoms with Gasteiger partial charge in [0.2, 0.25) is 11.9 Å². The van der Waals surface area contributed by atoms with Crippen molar-refractivity contribution in [3.05, 3.63) is 65.2 Å². The molecule has 6 N–H and O–H groups in total. The predicted molar refractivity (Wildman–Crippen MR) is 104 cm³/mol. The van der Waals surface area contributed by atoms with Crippen molar-refractivity contribution in [2.24, 2.45) is 16.8 Å². The first-order valence-corrected chi connectivity index (χ1v) is 9.32. The summed E-state index contributed by atoms with van der Waals surface area (Å²) in [5, 5.41) is 5.85. The molecular formula is C18H19F3N6OS. The SMILES string of the molecule is N/N=C(\NN)NC(=O)C1CN(Sc2cccc(C(F)(F)F)c2)Cc2ccccc21. The fourth-order valence-electron chi connectivity index (χ4n) is 3.06. The number of alkyl halides is 3. The molecule has 0 radical (unpaired) electrons. The zero-order chi connectivity index (χ0) is 21.0. The zero-order valence-corrected chi connectivity index (χ0v) is 15.9. The maximum absolute atomic E-state index is 13.0. The molecule has 2 aromatic rings. The Labute approximate surface area is 169 Å². The molecule has 0 aliphatic carbocycles. The van der Waals surface area contributed by atoms with Crippen LogP contribution in [0.5, 0.6) is 0 Å². The van der Waals surface area contributed by atoms with Crippen molar-refractivity contribution in [3.8, 4) is 0 Å². The smallest absolute Gasteiger partial charge is 0.320 e. The van der Waals surface area contributed by atoms with Crippen LogP contribution in [-0.4, -0.2) is 22.7 Å². The Morgan fingerprint density at radius 2 is 1.97 bits per heavy atom. The summed E-state index contributed by atoms with van der Waals surface area (Å²) in [4.78, 5) is 13.2. The van der Waals surface area contributed by atoms with E-state index in [-0.39, 0.29) is 18.4 Å². The fraction of sp³-hybridized carbons (Fsp3) is 0.222. The first kappa shape index (κ1) is 21.0. The molecule has 1 aliphatic heterocycles. The molecule has 1 atom stereocenters. The van der Waals surface area contributed by atoms with Crippen LogP contribution in [0.3, 0.4) is 0 Å². The molecule has 1 amide bonds. The van der Waals surface area contributed by atoms with Crippen LogP contribution in [0.15, 0.2) is 58.5 Å². The minimum absolute atomic E-state index is 0.0878. The number of nitrogens with zero attached hydrogens (tertiary/aromatic N) is 2. The number of benzene rings is 2. The molecule has 3 rings (SSSR count). The number of hydrogen-bond acceptors (Lipinski definition) is 6. The van der Waals surface area contributed by atoms with Crippen molar-refractivity contribution in [1.82, 2.24) is 15.0 Å². The molecule has 29 heavy (non-hydrogen) atoms. The number of nitrogens with one attached hydrogen (secondary N) is 2. The number of nitrogens with two attached hydrogens (primary N) is 2. The van der Waals surface area contributed by atoms with Crippen LogP contribution in [0, 0.1) is 0 Å². The van der Waals surface area contributed by atoms with E-state index in [1.165, 1.54) is 18.0 Å². The van der Waals surface area contributed by atoms with Crippen molar-refractivity contribution in [3.63, 3.8) is 0 Å². The molecular weight excluding hydrogens is 405 g/mol. The Balaban J connectivity index is 1.83. The van der Waals surface area contributed by atoms with Gasteiger partial charge in [0, 0.05) is 18.0 Å². The first-order chi connectivity index (χ1) is 13.8. The minimum atomic E-state index is -4.42. The van der Waals surface area contributed by atoms with Gasteiger partial charge in [0.05, 0.1) is 11.5 Å². The third-order valence-corrected chi connectivity index (χ3v) is 5.38. The molecule has 0 saturated carbocycles. The van der Waals surface area contributed by atoms with Crippen molar-refractivity contribution in [1.29, 1.82) is 0 Å². The van der Waals surface area contributed by atoms with E-state index in [0.29, 0.717) is 11.4 Å². The van der Waals surface area contributed by atoms with Gasteiger partial charge in [-0.05, 0) is 41.3 Å². The van der Waals surface area contributed by atoms with E-state index < -0.39 is 17.7 Å². The van der Waals surface area contributed by atoms with E-state index in [9.17, 15) is 18.0 Å². The minimum Gasteiger partial charge on any atom is -0.320 e. The summed E-state index contributed by atoms with van der Waals surface area (Å²) in [5.41, 5.74) is 3.21. The van der Waals surface area contributed by atoms with Gasteiger partial charge in [-0.2, -0.15) is 13.2 Å². The van der Waals surface area contributed by atoms with Gasteiger partial charge < -0.3 is 5.84 Å². The summed E-state index contributed by atoms with van der Waals surface area (Å²) in [6, 6.07) is 12.5. The normalized spacial score (nSPS) is 17.5. The molecule has 1 heterocycles. The van der Waals surface area contributed by atoms with E-state index >= 15 is 0 Å². The molecule has 0 aromatic heterocycles. The van der Waals surface area contributed by atoms with Crippen LogP contribution in [0.25, 0.3) is 0 Å². The molecule has 2 aromatic carbocycles. The maximum atomic E-state index is 13.0. The first-order valence-electron chi connectivity index (χ1n) is 8.55. The Kier molecular flexibility index (Phi) is 6.30. The number of amides is 1. The number of rotatable bonds is 3. The lowest BCUT2D eigenvalue weighted by Gasteiger charge is -2.33. The molecule has 1 aliphatic rings. The van der Waals surface area contributed by atoms with Crippen LogP contribution in [0.2, 0.25) is 0 Å². The Morgan fingerprint density at radius 3 is 2.66 bits per heavy atom. The van der Waals surface area contributed by atoms with Gasteiger partial charge in [-0.15, -0.1) is 5.10 Å². The third-order valence-electron chi connectivity index (χ3n) is 4.38. The van der Waals surface area contributed by atoms with Crippen LogP contribution < -0.4 is 22.4 Å². The number of halogens is 3. The number of fused-ring (bicyclic) bond motifs is 1. The highest BCUT2D eigenvalue weighted by Crippen LogP contribution is 2.37. The van der Waals surface area contributed by atoms with Crippen LogP contribution in [0.1, 0.15) is 22.6 Å². The Hall–Kier alpha value is -2.76. The lowest BCUT2D eigenvalue weighted by molar-refractivity contribution is -0.137. The Morgan fingerprint density at radius 1 is 1.21 bits per heavy atom. The standard InChI is InChI=1S/C18H19F3N6OS/c19-18(20,21)12-5-3-6-13(8-12)29-27-9-11-4-1-2-7-14(11)15(10-27)16(28)24-17(25-22)26-23/h1-8,15H,9-10,22-23H2,(H2,24,25,26,28). The second-order valence-corrected chi connectivity index (χ2v) is 7.47. The summed E-state index contributed by atoms with van der Waals surface area (Å²) in [6.45, 7) is 0.764.